The molecule has 126 valence electrons. The fourth-order valence-corrected chi connectivity index (χ4v) is 2.44. The van der Waals surface area contributed by atoms with Gasteiger partial charge in [-0.2, -0.15) is 0 Å². The van der Waals surface area contributed by atoms with Crippen molar-refractivity contribution < 1.29 is 14.3 Å². The Balaban J connectivity index is 1.78. The summed E-state index contributed by atoms with van der Waals surface area (Å²) in [6.07, 6.45) is 0.860. The molecule has 1 fully saturated rings. The average molecular weight is 328 g/mol. The van der Waals surface area contributed by atoms with Crippen LogP contribution in [-0.2, 0) is 4.74 Å². The number of rotatable bonds is 5. The molecular formula is C17H20N4O3. The van der Waals surface area contributed by atoms with E-state index in [1.807, 2.05) is 25.1 Å². The molecule has 0 unspecified atom stereocenters. The SMILES string of the molecule is CNc1nc(C)cc(C(=O)Nc2ccccc2O[C@H]2CCOC2)n1. The second kappa shape index (κ2) is 7.27. The maximum absolute atomic E-state index is 12.5. The van der Waals surface area contributed by atoms with Gasteiger partial charge in [0.25, 0.3) is 5.91 Å². The number of amides is 1. The Kier molecular flexibility index (Phi) is 4.90. The second-order valence-electron chi connectivity index (χ2n) is 5.52. The van der Waals surface area contributed by atoms with Gasteiger partial charge in [0.2, 0.25) is 5.95 Å². The molecule has 2 N–H and O–H groups in total. The van der Waals surface area contributed by atoms with Crippen LogP contribution in [0.2, 0.25) is 0 Å². The number of hydrogen-bond donors (Lipinski definition) is 2. The molecule has 24 heavy (non-hydrogen) atoms. The van der Waals surface area contributed by atoms with E-state index >= 15 is 0 Å². The third-order valence-electron chi connectivity index (χ3n) is 3.63. The van der Waals surface area contributed by atoms with Gasteiger partial charge in [0.1, 0.15) is 17.5 Å². The fourth-order valence-electron chi connectivity index (χ4n) is 2.44. The number of nitrogens with one attached hydrogen (secondary N) is 2. The average Bonchev–Trinajstić information content (AvgIpc) is 3.09. The van der Waals surface area contributed by atoms with Crippen molar-refractivity contribution >= 4 is 17.5 Å². The number of hydrogen-bond acceptors (Lipinski definition) is 6. The lowest BCUT2D eigenvalue weighted by Crippen LogP contribution is -2.19. The van der Waals surface area contributed by atoms with Gasteiger partial charge in [-0.05, 0) is 25.1 Å². The minimum atomic E-state index is -0.310. The van der Waals surface area contributed by atoms with E-state index in [4.69, 9.17) is 9.47 Å². The van der Waals surface area contributed by atoms with E-state index in [2.05, 4.69) is 20.6 Å². The molecule has 1 aromatic carbocycles. The van der Waals surface area contributed by atoms with E-state index in [1.165, 1.54) is 0 Å². The number of anilines is 2. The van der Waals surface area contributed by atoms with Crippen LogP contribution in [0.4, 0.5) is 11.6 Å². The maximum Gasteiger partial charge on any atom is 0.274 e. The van der Waals surface area contributed by atoms with E-state index < -0.39 is 0 Å². The summed E-state index contributed by atoms with van der Waals surface area (Å²) < 4.78 is 11.2. The molecule has 1 aliphatic heterocycles. The zero-order valence-electron chi connectivity index (χ0n) is 13.7. The van der Waals surface area contributed by atoms with Crippen molar-refractivity contribution in [2.24, 2.45) is 0 Å². The first-order valence-corrected chi connectivity index (χ1v) is 7.84. The van der Waals surface area contributed by atoms with Gasteiger partial charge in [-0.3, -0.25) is 4.79 Å². The summed E-state index contributed by atoms with van der Waals surface area (Å²) in [6.45, 7) is 3.08. The van der Waals surface area contributed by atoms with Gasteiger partial charge in [-0.15, -0.1) is 0 Å². The molecular weight excluding hydrogens is 308 g/mol. The van der Waals surface area contributed by atoms with Crippen molar-refractivity contribution in [2.45, 2.75) is 19.4 Å². The van der Waals surface area contributed by atoms with Crippen LogP contribution in [-0.4, -0.2) is 42.2 Å². The van der Waals surface area contributed by atoms with Gasteiger partial charge in [0, 0.05) is 19.2 Å². The lowest BCUT2D eigenvalue weighted by atomic mass is 10.2. The van der Waals surface area contributed by atoms with Crippen LogP contribution < -0.4 is 15.4 Å². The van der Waals surface area contributed by atoms with Crippen LogP contribution >= 0.6 is 0 Å². The van der Waals surface area contributed by atoms with E-state index in [0.29, 0.717) is 42.0 Å². The quantitative estimate of drug-likeness (QED) is 0.875. The Hall–Kier alpha value is -2.67. The lowest BCUT2D eigenvalue weighted by Gasteiger charge is -2.16. The molecule has 0 saturated carbocycles. The van der Waals surface area contributed by atoms with E-state index in [9.17, 15) is 4.79 Å². The minimum absolute atomic E-state index is 0.0141. The number of aryl methyl sites for hydroxylation is 1. The van der Waals surface area contributed by atoms with Gasteiger partial charge in [0.15, 0.2) is 0 Å². The predicted octanol–water partition coefficient (Wildman–Crippen LogP) is 2.25. The molecule has 0 radical (unpaired) electrons. The van der Waals surface area contributed by atoms with Gasteiger partial charge < -0.3 is 20.1 Å². The highest BCUT2D eigenvalue weighted by Crippen LogP contribution is 2.27. The standard InChI is InChI=1S/C17H20N4O3/c1-11-9-14(21-17(18-2)19-11)16(22)20-13-5-3-4-6-15(13)24-12-7-8-23-10-12/h3-6,9,12H,7-8,10H2,1-2H3,(H,20,22)(H,18,19,21)/t12-/m0/s1. The third-order valence-corrected chi connectivity index (χ3v) is 3.63. The Morgan fingerprint density at radius 2 is 2.17 bits per heavy atom. The minimum Gasteiger partial charge on any atom is -0.486 e. The van der Waals surface area contributed by atoms with Crippen molar-refractivity contribution in [3.63, 3.8) is 0 Å². The van der Waals surface area contributed by atoms with Crippen molar-refractivity contribution in [3.05, 3.63) is 41.7 Å². The van der Waals surface area contributed by atoms with E-state index in [1.54, 1.807) is 19.2 Å². The topological polar surface area (TPSA) is 85.4 Å². The van der Waals surface area contributed by atoms with Crippen LogP contribution in [0.1, 0.15) is 22.6 Å². The summed E-state index contributed by atoms with van der Waals surface area (Å²) in [5.74, 6) is 0.726. The Labute approximate surface area is 140 Å². The highest BCUT2D eigenvalue weighted by molar-refractivity contribution is 6.03. The zero-order valence-corrected chi connectivity index (χ0v) is 13.7. The van der Waals surface area contributed by atoms with Gasteiger partial charge in [-0.1, -0.05) is 12.1 Å². The van der Waals surface area contributed by atoms with E-state index in [-0.39, 0.29) is 12.0 Å². The van der Waals surface area contributed by atoms with Crippen LogP contribution in [0.3, 0.4) is 0 Å². The van der Waals surface area contributed by atoms with Crippen LogP contribution in [0.5, 0.6) is 5.75 Å². The highest BCUT2D eigenvalue weighted by atomic mass is 16.5. The predicted molar refractivity (Wildman–Crippen MR) is 90.6 cm³/mol. The molecule has 7 heteroatoms. The van der Waals surface area contributed by atoms with Crippen LogP contribution in [0.15, 0.2) is 30.3 Å². The number of carbonyl (C=O) groups excluding carboxylic acids is 1. The Morgan fingerprint density at radius 3 is 2.92 bits per heavy atom. The maximum atomic E-state index is 12.5. The number of ether oxygens (including phenoxy) is 2. The van der Waals surface area contributed by atoms with Gasteiger partial charge in [-0.25, -0.2) is 9.97 Å². The first-order valence-electron chi connectivity index (χ1n) is 7.84. The largest absolute Gasteiger partial charge is 0.486 e. The summed E-state index contributed by atoms with van der Waals surface area (Å²) in [5.41, 5.74) is 1.62. The normalized spacial score (nSPS) is 16.7. The third kappa shape index (κ3) is 3.80. The van der Waals surface area contributed by atoms with Crippen molar-refractivity contribution in [1.82, 2.24) is 9.97 Å². The molecule has 3 rings (SSSR count). The molecule has 0 aliphatic carbocycles. The zero-order chi connectivity index (χ0) is 16.9. The van der Waals surface area contributed by atoms with Crippen molar-refractivity contribution in [1.29, 1.82) is 0 Å². The summed E-state index contributed by atoms with van der Waals surface area (Å²) >= 11 is 0. The number of benzene rings is 1. The lowest BCUT2D eigenvalue weighted by molar-refractivity contribution is 0.102. The van der Waals surface area contributed by atoms with Crippen LogP contribution in [0.25, 0.3) is 0 Å². The summed E-state index contributed by atoms with van der Waals surface area (Å²) in [4.78, 5) is 20.9. The molecule has 1 aromatic heterocycles. The first kappa shape index (κ1) is 16.2. The van der Waals surface area contributed by atoms with Crippen molar-refractivity contribution in [3.8, 4) is 5.75 Å². The van der Waals surface area contributed by atoms with Gasteiger partial charge >= 0.3 is 0 Å². The molecule has 2 heterocycles. The summed E-state index contributed by atoms with van der Waals surface area (Å²) in [6, 6.07) is 8.99. The molecule has 0 bridgehead atoms. The Morgan fingerprint density at radius 1 is 1.33 bits per heavy atom. The molecule has 0 spiro atoms. The Bertz CT molecular complexity index is 730. The van der Waals surface area contributed by atoms with Crippen LogP contribution in [0, 0.1) is 6.92 Å². The molecule has 1 saturated heterocycles. The monoisotopic (exact) mass is 328 g/mol. The van der Waals surface area contributed by atoms with E-state index in [0.717, 1.165) is 6.42 Å². The molecule has 2 aromatic rings. The second-order valence-corrected chi connectivity index (χ2v) is 5.52. The molecule has 7 nitrogen and oxygen atoms in total. The molecule has 1 atom stereocenters. The van der Waals surface area contributed by atoms with Crippen molar-refractivity contribution in [2.75, 3.05) is 30.9 Å². The smallest absolute Gasteiger partial charge is 0.274 e. The number of aromatic nitrogens is 2. The molecule has 1 amide bonds. The first-order chi connectivity index (χ1) is 11.7. The number of para-hydroxylation sites is 2. The summed E-state index contributed by atoms with van der Waals surface area (Å²) in [5, 5.41) is 5.70. The highest BCUT2D eigenvalue weighted by Gasteiger charge is 2.19. The molecule has 1 aliphatic rings. The summed E-state index contributed by atoms with van der Waals surface area (Å²) in [7, 11) is 1.71. The number of carbonyl (C=O) groups is 1. The van der Waals surface area contributed by atoms with Gasteiger partial charge in [0.05, 0.1) is 18.9 Å². The fraction of sp³-hybridized carbons (Fsp3) is 0.353. The number of nitrogens with zero attached hydrogens (tertiary/aromatic N) is 2.